The largest absolute Gasteiger partial charge is 0.426 e. The molecule has 0 saturated carbocycles. The van der Waals surface area contributed by atoms with Gasteiger partial charge in [0.05, 0.1) is 24.4 Å². The molecule has 0 N–H and O–H groups in total. The Hall–Kier alpha value is -2.53. The van der Waals surface area contributed by atoms with Gasteiger partial charge in [0.1, 0.15) is 5.75 Å². The summed E-state index contributed by atoms with van der Waals surface area (Å²) < 4.78 is 10.7. The van der Waals surface area contributed by atoms with E-state index >= 15 is 0 Å². The van der Waals surface area contributed by atoms with Crippen LogP contribution in [0.3, 0.4) is 0 Å². The van der Waals surface area contributed by atoms with E-state index in [9.17, 15) is 4.79 Å². The Bertz CT molecular complexity index is 770. The molecule has 0 spiro atoms. The van der Waals surface area contributed by atoms with Gasteiger partial charge in [-0.1, -0.05) is 58.1 Å². The first-order chi connectivity index (χ1) is 15.2. The fraction of sp³-hybridized carbons (Fsp3) is 0.500. The Kier molecular flexibility index (Phi) is 12.2. The first kappa shape index (κ1) is 24.7. The van der Waals surface area contributed by atoms with E-state index in [-0.39, 0.29) is 12.4 Å². The number of esters is 1. The van der Waals surface area contributed by atoms with E-state index in [1.165, 1.54) is 37.7 Å². The summed E-state index contributed by atoms with van der Waals surface area (Å²) in [7, 11) is 0. The normalized spacial score (nSPS) is 11.2. The van der Waals surface area contributed by atoms with Crippen LogP contribution in [0.4, 0.5) is 11.4 Å². The van der Waals surface area contributed by atoms with E-state index < -0.39 is 0 Å². The number of rotatable bonds is 15. The third-order valence-electron chi connectivity index (χ3n) is 4.95. The Morgan fingerprint density at radius 1 is 0.742 bits per heavy atom. The number of hydrogen-bond acceptors (Lipinski definition) is 5. The summed E-state index contributed by atoms with van der Waals surface area (Å²) in [5.41, 5.74) is 2.88. The van der Waals surface area contributed by atoms with Crippen molar-refractivity contribution < 1.29 is 14.3 Å². The van der Waals surface area contributed by atoms with Crippen molar-refractivity contribution in [3.8, 4) is 5.75 Å². The molecular formula is C26H36N2O3. The van der Waals surface area contributed by atoms with Gasteiger partial charge in [-0.25, -0.2) is 0 Å². The Balaban J connectivity index is 1.73. The monoisotopic (exact) mass is 424 g/mol. The summed E-state index contributed by atoms with van der Waals surface area (Å²) in [5.74, 6) is 0.206. The lowest BCUT2D eigenvalue weighted by atomic mass is 10.1. The summed E-state index contributed by atoms with van der Waals surface area (Å²) in [4.78, 5) is 11.8. The SMILES string of the molecule is CCCCCCCc1ccc(N=Nc2ccc(OC(=O)CCOCCCC)cc2)cc1. The molecule has 5 nitrogen and oxygen atoms in total. The number of carbonyl (C=O) groups excluding carboxylic acids is 1. The maximum atomic E-state index is 11.8. The lowest BCUT2D eigenvalue weighted by Crippen LogP contribution is -2.11. The van der Waals surface area contributed by atoms with Gasteiger partial charge in [-0.15, -0.1) is 0 Å². The molecule has 2 aromatic rings. The molecular weight excluding hydrogens is 388 g/mol. The van der Waals surface area contributed by atoms with Gasteiger partial charge < -0.3 is 9.47 Å². The van der Waals surface area contributed by atoms with Gasteiger partial charge in [0, 0.05) is 6.61 Å². The van der Waals surface area contributed by atoms with Gasteiger partial charge in [-0.05, 0) is 61.2 Å². The second-order valence-corrected chi connectivity index (χ2v) is 7.71. The molecule has 31 heavy (non-hydrogen) atoms. The molecule has 2 aromatic carbocycles. The number of ether oxygens (including phenoxy) is 2. The Morgan fingerprint density at radius 2 is 1.35 bits per heavy atom. The molecule has 2 rings (SSSR count). The highest BCUT2D eigenvalue weighted by molar-refractivity contribution is 5.72. The van der Waals surface area contributed by atoms with Crippen LogP contribution < -0.4 is 4.74 Å². The summed E-state index contributed by atoms with van der Waals surface area (Å²) in [6, 6.07) is 15.3. The van der Waals surface area contributed by atoms with E-state index in [0.717, 1.165) is 24.9 Å². The van der Waals surface area contributed by atoms with Gasteiger partial charge in [0.2, 0.25) is 0 Å². The zero-order valence-electron chi connectivity index (χ0n) is 19.0. The molecule has 0 aromatic heterocycles. The van der Waals surface area contributed by atoms with Crippen LogP contribution in [0.2, 0.25) is 0 Å². The molecule has 0 fully saturated rings. The van der Waals surface area contributed by atoms with Crippen LogP contribution in [0.25, 0.3) is 0 Å². The second kappa shape index (κ2) is 15.3. The van der Waals surface area contributed by atoms with E-state index in [0.29, 0.717) is 24.7 Å². The van der Waals surface area contributed by atoms with Crippen molar-refractivity contribution in [2.75, 3.05) is 13.2 Å². The minimum absolute atomic E-state index is 0.250. The summed E-state index contributed by atoms with van der Waals surface area (Å²) in [6.45, 7) is 5.42. The lowest BCUT2D eigenvalue weighted by molar-refractivity contribution is -0.135. The first-order valence-corrected chi connectivity index (χ1v) is 11.6. The fourth-order valence-electron chi connectivity index (χ4n) is 3.04. The maximum Gasteiger partial charge on any atom is 0.313 e. The van der Waals surface area contributed by atoms with E-state index in [4.69, 9.17) is 9.47 Å². The van der Waals surface area contributed by atoms with Crippen molar-refractivity contribution in [2.24, 2.45) is 10.2 Å². The first-order valence-electron chi connectivity index (χ1n) is 11.6. The van der Waals surface area contributed by atoms with Crippen LogP contribution in [0.1, 0.15) is 70.8 Å². The third kappa shape index (κ3) is 10.9. The van der Waals surface area contributed by atoms with E-state index in [2.05, 4.69) is 36.2 Å². The molecule has 0 heterocycles. The quantitative estimate of drug-likeness (QED) is 0.127. The number of hydrogen-bond donors (Lipinski definition) is 0. The van der Waals surface area contributed by atoms with E-state index in [1.807, 2.05) is 12.1 Å². The van der Waals surface area contributed by atoms with Crippen molar-refractivity contribution in [1.82, 2.24) is 0 Å². The molecule has 0 aliphatic rings. The number of benzene rings is 2. The molecule has 0 saturated heterocycles. The highest BCUT2D eigenvalue weighted by atomic mass is 16.5. The predicted molar refractivity (Wildman–Crippen MR) is 126 cm³/mol. The van der Waals surface area contributed by atoms with Crippen LogP contribution in [-0.4, -0.2) is 19.2 Å². The van der Waals surface area contributed by atoms with Gasteiger partial charge >= 0.3 is 5.97 Å². The zero-order valence-corrected chi connectivity index (χ0v) is 19.0. The van der Waals surface area contributed by atoms with E-state index in [1.54, 1.807) is 24.3 Å². The third-order valence-corrected chi connectivity index (χ3v) is 4.95. The number of carbonyl (C=O) groups is 1. The van der Waals surface area contributed by atoms with Gasteiger partial charge in [-0.2, -0.15) is 10.2 Å². The van der Waals surface area contributed by atoms with Gasteiger partial charge in [0.15, 0.2) is 0 Å². The lowest BCUT2D eigenvalue weighted by Gasteiger charge is -2.05. The minimum atomic E-state index is -0.295. The number of nitrogens with zero attached hydrogens (tertiary/aromatic N) is 2. The summed E-state index contributed by atoms with van der Waals surface area (Å²) in [5, 5.41) is 8.56. The molecule has 168 valence electrons. The standard InChI is InChI=1S/C26H36N2O3/c1-3-5-7-8-9-10-22-11-13-23(14-12-22)27-28-24-15-17-25(18-16-24)31-26(29)19-21-30-20-6-4-2/h11-18H,3-10,19-21H2,1-2H3. The smallest absolute Gasteiger partial charge is 0.313 e. The van der Waals surface area contributed by atoms with Crippen LogP contribution in [-0.2, 0) is 16.0 Å². The van der Waals surface area contributed by atoms with Crippen LogP contribution in [0.15, 0.2) is 58.8 Å². The Labute approximate surface area is 186 Å². The average Bonchev–Trinajstić information content (AvgIpc) is 2.79. The van der Waals surface area contributed by atoms with Crippen molar-refractivity contribution in [3.05, 3.63) is 54.1 Å². The molecule has 0 aliphatic carbocycles. The second-order valence-electron chi connectivity index (χ2n) is 7.71. The maximum absolute atomic E-state index is 11.8. The highest BCUT2D eigenvalue weighted by Crippen LogP contribution is 2.22. The summed E-state index contributed by atoms with van der Waals surface area (Å²) in [6.07, 6.45) is 9.93. The summed E-state index contributed by atoms with van der Waals surface area (Å²) >= 11 is 0. The predicted octanol–water partition coefficient (Wildman–Crippen LogP) is 7.73. The van der Waals surface area contributed by atoms with Crippen LogP contribution >= 0.6 is 0 Å². The molecule has 0 radical (unpaired) electrons. The topological polar surface area (TPSA) is 60.2 Å². The van der Waals surface area contributed by atoms with Gasteiger partial charge in [0.25, 0.3) is 0 Å². The van der Waals surface area contributed by atoms with Crippen molar-refractivity contribution in [1.29, 1.82) is 0 Å². The van der Waals surface area contributed by atoms with Crippen LogP contribution in [0, 0.1) is 0 Å². The molecule has 5 heteroatoms. The molecule has 0 amide bonds. The average molecular weight is 425 g/mol. The minimum Gasteiger partial charge on any atom is -0.426 e. The molecule has 0 bridgehead atoms. The molecule has 0 atom stereocenters. The van der Waals surface area contributed by atoms with Crippen LogP contribution in [0.5, 0.6) is 5.75 Å². The Morgan fingerprint density at radius 3 is 2.00 bits per heavy atom. The number of azo groups is 1. The van der Waals surface area contributed by atoms with Gasteiger partial charge in [-0.3, -0.25) is 4.79 Å². The zero-order chi connectivity index (χ0) is 22.2. The highest BCUT2D eigenvalue weighted by Gasteiger charge is 2.05. The van der Waals surface area contributed by atoms with Crippen molar-refractivity contribution in [2.45, 2.75) is 71.6 Å². The van der Waals surface area contributed by atoms with Crippen molar-refractivity contribution >= 4 is 17.3 Å². The fourth-order valence-corrected chi connectivity index (χ4v) is 3.04. The number of aryl methyl sites for hydroxylation is 1. The molecule has 0 aliphatic heterocycles. The van der Waals surface area contributed by atoms with Crippen molar-refractivity contribution in [3.63, 3.8) is 0 Å². The molecule has 0 unspecified atom stereocenters. The number of unbranched alkanes of at least 4 members (excludes halogenated alkanes) is 5.